The molecule has 27 heavy (non-hydrogen) atoms. The first kappa shape index (κ1) is 24.7. The summed E-state index contributed by atoms with van der Waals surface area (Å²) in [5.41, 5.74) is 1.21. The van der Waals surface area contributed by atoms with Crippen LogP contribution in [0.25, 0.3) is 4.98 Å². The third-order valence-electron chi connectivity index (χ3n) is 3.21. The lowest BCUT2D eigenvalue weighted by Gasteiger charge is -2.13. The van der Waals surface area contributed by atoms with Gasteiger partial charge in [0.2, 0.25) is 5.39 Å². The quantitative estimate of drug-likeness (QED) is 0.427. The highest BCUT2D eigenvalue weighted by Gasteiger charge is 2.28. The van der Waals surface area contributed by atoms with Crippen molar-refractivity contribution in [2.45, 2.75) is 10.6 Å². The van der Waals surface area contributed by atoms with Gasteiger partial charge in [0.1, 0.15) is 0 Å². The van der Waals surface area contributed by atoms with Crippen LogP contribution < -0.4 is 9.60 Å². The molecule has 0 spiro atoms. The lowest BCUT2D eigenvalue weighted by molar-refractivity contribution is -0.0000107. The van der Waals surface area contributed by atoms with Crippen molar-refractivity contribution in [2.24, 2.45) is 0 Å². The van der Waals surface area contributed by atoms with Gasteiger partial charge in [-0.15, -0.1) is 0 Å². The van der Waals surface area contributed by atoms with Gasteiger partial charge in [-0.3, -0.25) is 12.9 Å². The maximum Gasteiger partial charge on any atom is 0.762 e. The maximum atomic E-state index is 12.7. The van der Waals surface area contributed by atoms with Gasteiger partial charge < -0.3 is 9.60 Å². The summed E-state index contributed by atoms with van der Waals surface area (Å²) >= 11 is 6.03. The van der Waals surface area contributed by atoms with Gasteiger partial charge in [-0.25, -0.2) is 8.42 Å². The molecule has 0 aliphatic heterocycles. The average Bonchev–Trinajstić information content (AvgIpc) is 2.55. The third-order valence-corrected chi connectivity index (χ3v) is 5.26. The fourth-order valence-electron chi connectivity index (χ4n) is 2.01. The standard InChI is InChI=1S/C15H15ClN3O2S.BF3.FH/c1-19(2)12-7-8-14(18-17)15(9-12)22(20,21)10-11-5-3-4-6-13(11)16;2-1(3)4;/h3-9H,10H2,1-2H3;;1H/q+1;;/p-1. The van der Waals surface area contributed by atoms with Crippen LogP contribution in [-0.4, -0.2) is 30.1 Å². The highest BCUT2D eigenvalue weighted by atomic mass is 35.5. The van der Waals surface area contributed by atoms with E-state index in [0.717, 1.165) is 0 Å². The molecule has 0 saturated heterocycles. The molecular weight excluding hydrogens is 409 g/mol. The summed E-state index contributed by atoms with van der Waals surface area (Å²) in [5.74, 6) is -0.258. The molecule has 0 N–H and O–H groups in total. The van der Waals surface area contributed by atoms with Crippen LogP contribution in [0.2, 0.25) is 5.02 Å². The fraction of sp³-hybridized carbons (Fsp3) is 0.200. The van der Waals surface area contributed by atoms with Gasteiger partial charge in [0, 0.05) is 30.9 Å². The number of diazo groups is 1. The van der Waals surface area contributed by atoms with Crippen molar-refractivity contribution in [1.29, 1.82) is 5.39 Å². The first-order valence-corrected chi connectivity index (χ1v) is 9.16. The number of hydrogen-bond acceptors (Lipinski definition) is 4. The lowest BCUT2D eigenvalue weighted by Crippen LogP contribution is -3.00. The summed E-state index contributed by atoms with van der Waals surface area (Å²) in [7, 11) is -3.76. The monoisotopic (exact) mass is 423 g/mol. The Morgan fingerprint density at radius 1 is 1.15 bits per heavy atom. The van der Waals surface area contributed by atoms with Crippen LogP contribution in [-0.2, 0) is 15.6 Å². The molecule has 0 amide bonds. The van der Waals surface area contributed by atoms with Gasteiger partial charge in [0.05, 0.1) is 5.75 Å². The minimum Gasteiger partial charge on any atom is -1.00 e. The predicted octanol–water partition coefficient (Wildman–Crippen LogP) is 1.75. The predicted molar refractivity (Wildman–Crippen MR) is 96.9 cm³/mol. The van der Waals surface area contributed by atoms with Gasteiger partial charge in [-0.05, 0) is 23.8 Å². The minimum absolute atomic E-state index is 0. The van der Waals surface area contributed by atoms with Crippen LogP contribution >= 0.6 is 11.6 Å². The normalized spacial score (nSPS) is 9.96. The van der Waals surface area contributed by atoms with Crippen LogP contribution in [0, 0.1) is 5.39 Å². The molecule has 5 nitrogen and oxygen atoms in total. The summed E-state index contributed by atoms with van der Waals surface area (Å²) < 4.78 is 54.3. The molecule has 146 valence electrons. The Morgan fingerprint density at radius 3 is 2.19 bits per heavy atom. The van der Waals surface area contributed by atoms with Crippen LogP contribution in [0.5, 0.6) is 0 Å². The van der Waals surface area contributed by atoms with E-state index in [4.69, 9.17) is 17.0 Å². The molecule has 0 aliphatic carbocycles. The van der Waals surface area contributed by atoms with E-state index in [2.05, 4.69) is 4.98 Å². The molecule has 0 saturated carbocycles. The average molecular weight is 424 g/mol. The minimum atomic E-state index is -3.70. The van der Waals surface area contributed by atoms with Crippen molar-refractivity contribution in [3.05, 3.63) is 58.0 Å². The van der Waals surface area contributed by atoms with E-state index >= 15 is 0 Å². The molecule has 0 bridgehead atoms. The Hall–Kier alpha value is -2.32. The summed E-state index contributed by atoms with van der Waals surface area (Å²) in [6, 6.07) is 11.4. The van der Waals surface area contributed by atoms with Gasteiger partial charge >= 0.3 is 13.2 Å². The molecule has 12 heteroatoms. The Balaban J connectivity index is 0.00000123. The molecule has 0 radical (unpaired) electrons. The van der Waals surface area contributed by atoms with Gasteiger partial charge in [-0.2, -0.15) is 0 Å². The van der Waals surface area contributed by atoms with Crippen molar-refractivity contribution in [2.75, 3.05) is 19.0 Å². The molecule has 0 aromatic heterocycles. The molecule has 0 unspecified atom stereocenters. The van der Waals surface area contributed by atoms with Gasteiger partial charge in [0.15, 0.2) is 19.7 Å². The second-order valence-corrected chi connectivity index (χ2v) is 7.61. The summed E-state index contributed by atoms with van der Waals surface area (Å²) in [6.45, 7) is 0. The lowest BCUT2D eigenvalue weighted by atomic mass is 10.2. The SMILES string of the molecule is CN(C)c1ccc([N+]#N)c(S(=O)(=O)Cc2ccccc2Cl)c1.FB(F)F.[F-]. The summed E-state index contributed by atoms with van der Waals surface area (Å²) in [4.78, 5) is 4.82. The molecule has 2 aromatic carbocycles. The van der Waals surface area contributed by atoms with Gasteiger partial charge in [0.25, 0.3) is 0 Å². The molecule has 0 fully saturated rings. The number of rotatable bonds is 4. The van der Waals surface area contributed by atoms with Crippen LogP contribution in [0.15, 0.2) is 47.4 Å². The Labute approximate surface area is 159 Å². The maximum absolute atomic E-state index is 12.7. The number of hydrogen-bond donors (Lipinski definition) is 0. The first-order valence-electron chi connectivity index (χ1n) is 7.13. The van der Waals surface area contributed by atoms with E-state index in [0.29, 0.717) is 16.3 Å². The zero-order valence-corrected chi connectivity index (χ0v) is 15.9. The molecular formula is C15H15BClF4N3O2S. The molecule has 2 rings (SSSR count). The van der Waals surface area contributed by atoms with E-state index < -0.39 is 17.4 Å². The Bertz CT molecular complexity index is 905. The molecule has 0 heterocycles. The zero-order valence-electron chi connectivity index (χ0n) is 14.3. The van der Waals surface area contributed by atoms with E-state index in [1.54, 1.807) is 49.3 Å². The fourth-order valence-corrected chi connectivity index (χ4v) is 3.84. The molecule has 0 aliphatic rings. The van der Waals surface area contributed by atoms with Crippen molar-refractivity contribution >= 4 is 40.4 Å². The number of halogens is 5. The van der Waals surface area contributed by atoms with E-state index in [1.807, 2.05) is 0 Å². The Kier molecular flexibility index (Phi) is 9.82. The van der Waals surface area contributed by atoms with Crippen molar-refractivity contribution in [1.82, 2.24) is 0 Å². The second-order valence-electron chi connectivity index (χ2n) is 5.24. The number of benzene rings is 2. The molecule has 2 aromatic rings. The molecule has 0 atom stereocenters. The zero-order chi connectivity index (χ0) is 19.9. The van der Waals surface area contributed by atoms with Crippen molar-refractivity contribution in [3.63, 3.8) is 0 Å². The number of anilines is 1. The van der Waals surface area contributed by atoms with E-state index in [9.17, 15) is 21.4 Å². The third kappa shape index (κ3) is 7.44. The summed E-state index contributed by atoms with van der Waals surface area (Å²) in [6.07, 6.45) is 0. The summed E-state index contributed by atoms with van der Waals surface area (Å²) in [5, 5.41) is 9.44. The number of sulfone groups is 1. The van der Waals surface area contributed by atoms with Crippen LogP contribution in [0.1, 0.15) is 5.56 Å². The van der Waals surface area contributed by atoms with Crippen LogP contribution in [0.4, 0.5) is 24.3 Å². The highest BCUT2D eigenvalue weighted by molar-refractivity contribution is 7.90. The Morgan fingerprint density at radius 2 is 1.70 bits per heavy atom. The van der Waals surface area contributed by atoms with Gasteiger partial charge in [-0.1, -0.05) is 29.8 Å². The van der Waals surface area contributed by atoms with Crippen molar-refractivity contribution in [3.8, 4) is 0 Å². The largest absolute Gasteiger partial charge is 1.00 e. The van der Waals surface area contributed by atoms with Crippen molar-refractivity contribution < 1.29 is 26.1 Å². The first-order chi connectivity index (χ1) is 12.1. The van der Waals surface area contributed by atoms with Crippen LogP contribution in [0.3, 0.4) is 0 Å². The topological polar surface area (TPSA) is 65.5 Å². The van der Waals surface area contributed by atoms with E-state index in [-0.39, 0.29) is 21.0 Å². The van der Waals surface area contributed by atoms with E-state index in [1.165, 1.54) is 12.1 Å². The highest BCUT2D eigenvalue weighted by Crippen LogP contribution is 2.32. The second kappa shape index (κ2) is 10.7. The smallest absolute Gasteiger partial charge is 0.762 e. The number of nitrogens with zero attached hydrogens (tertiary/aromatic N) is 3.